The van der Waals surface area contributed by atoms with Crippen LogP contribution in [0.1, 0.15) is 77.6 Å². The molecule has 3 heteroatoms. The van der Waals surface area contributed by atoms with Crippen molar-refractivity contribution in [2.45, 2.75) is 103 Å². The number of nitrogens with zero attached hydrogens (tertiary/aromatic N) is 1. The number of hydrogen-bond donors (Lipinski definition) is 0. The van der Waals surface area contributed by atoms with Gasteiger partial charge in [0.25, 0.3) is 0 Å². The molecule has 22 heavy (non-hydrogen) atoms. The molecule has 0 aromatic carbocycles. The Morgan fingerprint density at radius 2 is 1.45 bits per heavy atom. The van der Waals surface area contributed by atoms with Crippen molar-refractivity contribution in [3.63, 3.8) is 0 Å². The van der Waals surface area contributed by atoms with Gasteiger partial charge in [-0.3, -0.25) is 0 Å². The van der Waals surface area contributed by atoms with E-state index < -0.39 is 8.32 Å². The van der Waals surface area contributed by atoms with Gasteiger partial charge < -0.3 is 4.43 Å². The predicted molar refractivity (Wildman–Crippen MR) is 99.4 cm³/mol. The zero-order valence-electron chi connectivity index (χ0n) is 15.4. The SMILES string of the molecule is CCCCCCCCC/C=C\CCCC(C#N)O[Si](C)(C)C. The molecular weight excluding hydrogens is 286 g/mol. The highest BCUT2D eigenvalue weighted by Gasteiger charge is 2.20. The smallest absolute Gasteiger partial charge is 0.185 e. The molecule has 0 aliphatic heterocycles. The van der Waals surface area contributed by atoms with Gasteiger partial charge in [0.15, 0.2) is 8.32 Å². The molecule has 0 saturated heterocycles. The zero-order valence-corrected chi connectivity index (χ0v) is 16.4. The number of unbranched alkanes of at least 4 members (excludes halogenated alkanes) is 8. The van der Waals surface area contributed by atoms with Gasteiger partial charge in [-0.1, -0.05) is 57.6 Å². The van der Waals surface area contributed by atoms with Crippen LogP contribution in [0.3, 0.4) is 0 Å². The summed E-state index contributed by atoms with van der Waals surface area (Å²) >= 11 is 0. The van der Waals surface area contributed by atoms with Gasteiger partial charge in [-0.2, -0.15) is 5.26 Å². The average molecular weight is 324 g/mol. The molecule has 1 unspecified atom stereocenters. The number of nitriles is 1. The highest BCUT2D eigenvalue weighted by molar-refractivity contribution is 6.69. The van der Waals surface area contributed by atoms with Crippen LogP contribution in [0.25, 0.3) is 0 Å². The number of rotatable bonds is 14. The van der Waals surface area contributed by atoms with Crippen molar-refractivity contribution in [2.75, 3.05) is 0 Å². The Morgan fingerprint density at radius 1 is 0.909 bits per heavy atom. The van der Waals surface area contributed by atoms with Crippen molar-refractivity contribution >= 4 is 8.32 Å². The van der Waals surface area contributed by atoms with Crippen LogP contribution in [0.15, 0.2) is 12.2 Å². The first kappa shape index (κ1) is 21.4. The summed E-state index contributed by atoms with van der Waals surface area (Å²) in [5.41, 5.74) is 0. The average Bonchev–Trinajstić information content (AvgIpc) is 2.46. The van der Waals surface area contributed by atoms with Crippen LogP contribution in [0.4, 0.5) is 0 Å². The lowest BCUT2D eigenvalue weighted by Crippen LogP contribution is -2.31. The monoisotopic (exact) mass is 323 g/mol. The summed E-state index contributed by atoms with van der Waals surface area (Å²) in [7, 11) is -1.58. The second-order valence-corrected chi connectivity index (χ2v) is 11.6. The summed E-state index contributed by atoms with van der Waals surface area (Å²) in [6.45, 7) is 8.68. The molecule has 128 valence electrons. The van der Waals surface area contributed by atoms with Gasteiger partial charge in [-0.25, -0.2) is 0 Å². The van der Waals surface area contributed by atoms with Crippen molar-refractivity contribution in [1.82, 2.24) is 0 Å². The third-order valence-corrected chi connectivity index (χ3v) is 4.61. The van der Waals surface area contributed by atoms with Gasteiger partial charge in [0, 0.05) is 0 Å². The van der Waals surface area contributed by atoms with E-state index in [0.717, 1.165) is 19.3 Å². The van der Waals surface area contributed by atoms with Crippen LogP contribution in [-0.2, 0) is 4.43 Å². The first-order valence-corrected chi connectivity index (χ1v) is 12.6. The van der Waals surface area contributed by atoms with E-state index in [0.29, 0.717) is 0 Å². The van der Waals surface area contributed by atoms with Gasteiger partial charge >= 0.3 is 0 Å². The topological polar surface area (TPSA) is 33.0 Å². The molecule has 2 nitrogen and oxygen atoms in total. The highest BCUT2D eigenvalue weighted by Crippen LogP contribution is 2.13. The standard InChI is InChI=1S/C19H37NOSi/c1-5-6-7-8-9-10-11-12-13-14-15-16-17-19(18-20)21-22(2,3)4/h13-14,19H,5-12,15-17H2,1-4H3/b14-13-. The third-order valence-electron chi connectivity index (χ3n) is 3.62. The fourth-order valence-electron chi connectivity index (χ4n) is 2.45. The first-order chi connectivity index (χ1) is 10.5. The Kier molecular flexibility index (Phi) is 13.6. The highest BCUT2D eigenvalue weighted by atomic mass is 28.4. The molecule has 0 aliphatic carbocycles. The number of hydrogen-bond acceptors (Lipinski definition) is 2. The molecule has 0 heterocycles. The van der Waals surface area contributed by atoms with Crippen molar-refractivity contribution in [3.8, 4) is 6.07 Å². The molecule has 0 amide bonds. The molecule has 0 rings (SSSR count). The normalized spacial score (nSPS) is 13.4. The van der Waals surface area contributed by atoms with Crippen LogP contribution in [0.5, 0.6) is 0 Å². The van der Waals surface area contributed by atoms with E-state index in [1.807, 2.05) is 0 Å². The van der Waals surface area contributed by atoms with Gasteiger partial charge in [-0.15, -0.1) is 0 Å². The van der Waals surface area contributed by atoms with Gasteiger partial charge in [0.2, 0.25) is 0 Å². The summed E-state index contributed by atoms with van der Waals surface area (Å²) in [5.74, 6) is 0. The maximum atomic E-state index is 9.10. The van der Waals surface area contributed by atoms with E-state index in [1.54, 1.807) is 0 Å². The molecule has 0 aromatic heterocycles. The quantitative estimate of drug-likeness (QED) is 0.205. The maximum Gasteiger partial charge on any atom is 0.185 e. The molecule has 1 atom stereocenters. The fraction of sp³-hybridized carbons (Fsp3) is 0.842. The lowest BCUT2D eigenvalue weighted by Gasteiger charge is -2.21. The van der Waals surface area contributed by atoms with E-state index in [2.05, 4.69) is 44.8 Å². The van der Waals surface area contributed by atoms with E-state index >= 15 is 0 Å². The lowest BCUT2D eigenvalue weighted by atomic mass is 10.1. The molecule has 0 radical (unpaired) electrons. The Bertz CT molecular complexity index is 314. The van der Waals surface area contributed by atoms with Gasteiger partial charge in [0.1, 0.15) is 6.10 Å². The van der Waals surface area contributed by atoms with Crippen molar-refractivity contribution in [2.24, 2.45) is 0 Å². The number of allylic oxidation sites excluding steroid dienone is 2. The van der Waals surface area contributed by atoms with E-state index in [4.69, 9.17) is 9.69 Å². The van der Waals surface area contributed by atoms with Crippen LogP contribution in [0, 0.1) is 11.3 Å². The first-order valence-electron chi connectivity index (χ1n) is 9.22. The van der Waals surface area contributed by atoms with Crippen molar-refractivity contribution in [1.29, 1.82) is 5.26 Å². The Hall–Kier alpha value is -0.593. The molecule has 0 spiro atoms. The maximum absolute atomic E-state index is 9.10. The second-order valence-electron chi connectivity index (χ2n) is 7.16. The van der Waals surface area contributed by atoms with Gasteiger partial charge in [-0.05, 0) is 51.7 Å². The summed E-state index contributed by atoms with van der Waals surface area (Å²) in [6, 6.07) is 2.29. The second kappa shape index (κ2) is 14.0. The Morgan fingerprint density at radius 3 is 2.00 bits per heavy atom. The molecule has 0 fully saturated rings. The predicted octanol–water partition coefficient (Wildman–Crippen LogP) is 6.60. The Balaban J connectivity index is 3.45. The summed E-state index contributed by atoms with van der Waals surface area (Å²) in [5, 5.41) is 9.10. The molecule has 0 aliphatic rings. The van der Waals surface area contributed by atoms with Crippen LogP contribution in [-0.4, -0.2) is 14.4 Å². The molecular formula is C19H37NOSi. The minimum atomic E-state index is -1.58. The van der Waals surface area contributed by atoms with E-state index in [1.165, 1.54) is 51.4 Å². The molecule has 0 bridgehead atoms. The van der Waals surface area contributed by atoms with Crippen molar-refractivity contribution in [3.05, 3.63) is 12.2 Å². The molecule has 0 N–H and O–H groups in total. The third kappa shape index (κ3) is 15.8. The zero-order chi connectivity index (χ0) is 16.7. The minimum absolute atomic E-state index is 0.205. The van der Waals surface area contributed by atoms with Crippen LogP contribution in [0.2, 0.25) is 19.6 Å². The largest absolute Gasteiger partial charge is 0.402 e. The summed E-state index contributed by atoms with van der Waals surface area (Å²) in [4.78, 5) is 0. The van der Waals surface area contributed by atoms with Crippen molar-refractivity contribution < 1.29 is 4.43 Å². The molecule has 0 aromatic rings. The summed E-state index contributed by atoms with van der Waals surface area (Å²) < 4.78 is 5.84. The fourth-order valence-corrected chi connectivity index (χ4v) is 3.48. The Labute approximate surface area is 140 Å². The lowest BCUT2D eigenvalue weighted by molar-refractivity contribution is 0.235. The van der Waals surface area contributed by atoms with E-state index in [-0.39, 0.29) is 6.10 Å². The van der Waals surface area contributed by atoms with E-state index in [9.17, 15) is 0 Å². The minimum Gasteiger partial charge on any atom is -0.402 e. The van der Waals surface area contributed by atoms with Crippen LogP contribution >= 0.6 is 0 Å². The summed E-state index contributed by atoms with van der Waals surface area (Å²) in [6.07, 6.45) is 18.2. The van der Waals surface area contributed by atoms with Gasteiger partial charge in [0.05, 0.1) is 6.07 Å². The van der Waals surface area contributed by atoms with Crippen LogP contribution < -0.4 is 0 Å². The molecule has 0 saturated carbocycles.